The minimum absolute atomic E-state index is 0.384. The van der Waals surface area contributed by atoms with Gasteiger partial charge in [0.25, 0.3) is 0 Å². The van der Waals surface area contributed by atoms with Crippen LogP contribution < -0.4 is 5.73 Å². The molecule has 0 bridgehead atoms. The molecular formula is C10H13Cl2N. The van der Waals surface area contributed by atoms with E-state index in [-0.39, 0.29) is 0 Å². The van der Waals surface area contributed by atoms with Crippen molar-refractivity contribution in [3.8, 4) is 0 Å². The lowest BCUT2D eigenvalue weighted by molar-refractivity contribution is 0.674. The van der Waals surface area contributed by atoms with Gasteiger partial charge in [0.2, 0.25) is 0 Å². The third kappa shape index (κ3) is 2.60. The summed E-state index contributed by atoms with van der Waals surface area (Å²) in [6.07, 6.45) is 1.02. The largest absolute Gasteiger partial charge is 0.330 e. The standard InChI is InChI=1S/C10H13Cl2N/c1-2-7(6-13)8-3-4-9(11)10(12)5-8/h3-5,7H,2,6,13H2,1H3. The minimum Gasteiger partial charge on any atom is -0.330 e. The topological polar surface area (TPSA) is 26.0 Å². The molecule has 0 aliphatic carbocycles. The van der Waals surface area contributed by atoms with Crippen molar-refractivity contribution in [2.24, 2.45) is 5.73 Å². The summed E-state index contributed by atoms with van der Waals surface area (Å²) in [5, 5.41) is 1.20. The molecule has 0 aliphatic heterocycles. The number of hydrogen-bond donors (Lipinski definition) is 1. The highest BCUT2D eigenvalue weighted by Gasteiger charge is 2.08. The van der Waals surface area contributed by atoms with Crippen molar-refractivity contribution < 1.29 is 0 Å². The number of rotatable bonds is 3. The Morgan fingerprint density at radius 2 is 2.00 bits per heavy atom. The van der Waals surface area contributed by atoms with Gasteiger partial charge in [0.1, 0.15) is 0 Å². The summed E-state index contributed by atoms with van der Waals surface area (Å²) in [4.78, 5) is 0. The molecule has 0 fully saturated rings. The van der Waals surface area contributed by atoms with Gasteiger partial charge in [-0.2, -0.15) is 0 Å². The summed E-state index contributed by atoms with van der Waals surface area (Å²) in [5.74, 6) is 0.384. The fourth-order valence-electron chi connectivity index (χ4n) is 1.30. The van der Waals surface area contributed by atoms with Crippen molar-refractivity contribution in [1.29, 1.82) is 0 Å². The third-order valence-corrected chi connectivity index (χ3v) is 2.93. The highest BCUT2D eigenvalue weighted by Crippen LogP contribution is 2.27. The van der Waals surface area contributed by atoms with Crippen molar-refractivity contribution in [1.82, 2.24) is 0 Å². The van der Waals surface area contributed by atoms with Crippen LogP contribution in [0.2, 0.25) is 10.0 Å². The lowest BCUT2D eigenvalue weighted by atomic mass is 9.97. The fourth-order valence-corrected chi connectivity index (χ4v) is 1.61. The third-order valence-electron chi connectivity index (χ3n) is 2.19. The van der Waals surface area contributed by atoms with E-state index in [2.05, 4.69) is 6.92 Å². The van der Waals surface area contributed by atoms with E-state index in [1.807, 2.05) is 18.2 Å². The van der Waals surface area contributed by atoms with E-state index in [0.29, 0.717) is 22.5 Å². The molecule has 72 valence electrons. The second-order valence-corrected chi connectivity index (χ2v) is 3.83. The molecule has 1 rings (SSSR count). The van der Waals surface area contributed by atoms with Gasteiger partial charge >= 0.3 is 0 Å². The Labute approximate surface area is 88.8 Å². The Hall–Kier alpha value is -0.240. The maximum Gasteiger partial charge on any atom is 0.0595 e. The second-order valence-electron chi connectivity index (χ2n) is 3.01. The molecule has 0 amide bonds. The molecule has 0 aliphatic rings. The van der Waals surface area contributed by atoms with Crippen LogP contribution in [0.1, 0.15) is 24.8 Å². The predicted molar refractivity (Wildman–Crippen MR) is 58.5 cm³/mol. The van der Waals surface area contributed by atoms with Crippen LogP contribution in [0.5, 0.6) is 0 Å². The molecule has 0 spiro atoms. The van der Waals surface area contributed by atoms with E-state index in [9.17, 15) is 0 Å². The van der Waals surface area contributed by atoms with E-state index < -0.39 is 0 Å². The molecule has 2 N–H and O–H groups in total. The average molecular weight is 218 g/mol. The highest BCUT2D eigenvalue weighted by molar-refractivity contribution is 6.42. The lowest BCUT2D eigenvalue weighted by Gasteiger charge is -2.12. The second kappa shape index (κ2) is 4.85. The van der Waals surface area contributed by atoms with Crippen molar-refractivity contribution in [3.63, 3.8) is 0 Å². The SMILES string of the molecule is CCC(CN)c1ccc(Cl)c(Cl)c1. The quantitative estimate of drug-likeness (QED) is 0.826. The molecular weight excluding hydrogens is 205 g/mol. The number of hydrogen-bond acceptors (Lipinski definition) is 1. The summed E-state index contributed by atoms with van der Waals surface area (Å²) in [7, 11) is 0. The zero-order valence-electron chi connectivity index (χ0n) is 7.56. The molecule has 1 aromatic rings. The van der Waals surface area contributed by atoms with Crippen molar-refractivity contribution in [2.45, 2.75) is 19.3 Å². The van der Waals surface area contributed by atoms with Gasteiger partial charge in [0, 0.05) is 0 Å². The van der Waals surface area contributed by atoms with Crippen molar-refractivity contribution in [3.05, 3.63) is 33.8 Å². The molecule has 0 radical (unpaired) electrons. The summed E-state index contributed by atoms with van der Waals surface area (Å²) in [6, 6.07) is 5.69. The fraction of sp³-hybridized carbons (Fsp3) is 0.400. The van der Waals surface area contributed by atoms with Gasteiger partial charge in [-0.3, -0.25) is 0 Å². The highest BCUT2D eigenvalue weighted by atomic mass is 35.5. The van der Waals surface area contributed by atoms with Gasteiger partial charge in [-0.1, -0.05) is 36.2 Å². The first-order valence-electron chi connectivity index (χ1n) is 4.34. The molecule has 1 aromatic carbocycles. The Morgan fingerprint density at radius 3 is 2.46 bits per heavy atom. The Morgan fingerprint density at radius 1 is 1.31 bits per heavy atom. The van der Waals surface area contributed by atoms with Crippen molar-refractivity contribution in [2.75, 3.05) is 6.54 Å². The molecule has 3 heteroatoms. The van der Waals surface area contributed by atoms with Crippen LogP contribution in [0.4, 0.5) is 0 Å². The van der Waals surface area contributed by atoms with Gasteiger partial charge in [-0.25, -0.2) is 0 Å². The van der Waals surface area contributed by atoms with E-state index in [1.54, 1.807) is 0 Å². The van der Waals surface area contributed by atoms with Crippen LogP contribution in [0.3, 0.4) is 0 Å². The van der Waals surface area contributed by atoms with Crippen LogP contribution in [-0.2, 0) is 0 Å². The van der Waals surface area contributed by atoms with Gasteiger partial charge in [0.15, 0.2) is 0 Å². The summed E-state index contributed by atoms with van der Waals surface area (Å²) in [6.45, 7) is 2.76. The molecule has 0 saturated heterocycles. The summed E-state index contributed by atoms with van der Waals surface area (Å²) < 4.78 is 0. The smallest absolute Gasteiger partial charge is 0.0595 e. The molecule has 0 saturated carbocycles. The molecule has 13 heavy (non-hydrogen) atoms. The molecule has 0 aromatic heterocycles. The van der Waals surface area contributed by atoms with E-state index in [4.69, 9.17) is 28.9 Å². The first kappa shape index (κ1) is 10.8. The Balaban J connectivity index is 2.95. The maximum atomic E-state index is 5.90. The first-order valence-corrected chi connectivity index (χ1v) is 5.09. The van der Waals surface area contributed by atoms with Gasteiger partial charge in [0.05, 0.1) is 10.0 Å². The summed E-state index contributed by atoms with van der Waals surface area (Å²) >= 11 is 11.7. The minimum atomic E-state index is 0.384. The van der Waals surface area contributed by atoms with Gasteiger partial charge in [-0.05, 0) is 36.6 Å². The van der Waals surface area contributed by atoms with E-state index >= 15 is 0 Å². The van der Waals surface area contributed by atoms with Gasteiger partial charge in [-0.15, -0.1) is 0 Å². The first-order chi connectivity index (χ1) is 6.19. The summed E-state index contributed by atoms with van der Waals surface area (Å²) in [5.41, 5.74) is 6.79. The lowest BCUT2D eigenvalue weighted by Crippen LogP contribution is -2.11. The molecule has 1 unspecified atom stereocenters. The van der Waals surface area contributed by atoms with E-state index in [1.165, 1.54) is 5.56 Å². The zero-order valence-corrected chi connectivity index (χ0v) is 9.07. The zero-order chi connectivity index (χ0) is 9.84. The Kier molecular flexibility index (Phi) is 4.04. The van der Waals surface area contributed by atoms with E-state index in [0.717, 1.165) is 6.42 Å². The molecule has 1 nitrogen and oxygen atoms in total. The molecule has 0 heterocycles. The van der Waals surface area contributed by atoms with Gasteiger partial charge < -0.3 is 5.73 Å². The average Bonchev–Trinajstić information content (AvgIpc) is 2.13. The normalized spacial score (nSPS) is 12.9. The molecule has 1 atom stereocenters. The van der Waals surface area contributed by atoms with Crippen LogP contribution >= 0.6 is 23.2 Å². The van der Waals surface area contributed by atoms with Crippen LogP contribution in [0.15, 0.2) is 18.2 Å². The Bertz CT molecular complexity index is 282. The van der Waals surface area contributed by atoms with Crippen molar-refractivity contribution >= 4 is 23.2 Å². The van der Waals surface area contributed by atoms with Crippen LogP contribution in [0.25, 0.3) is 0 Å². The monoisotopic (exact) mass is 217 g/mol. The number of benzene rings is 1. The van der Waals surface area contributed by atoms with Crippen LogP contribution in [-0.4, -0.2) is 6.54 Å². The maximum absolute atomic E-state index is 5.90. The predicted octanol–water partition coefficient (Wildman–Crippen LogP) is 3.45. The number of halogens is 2. The number of nitrogens with two attached hydrogens (primary N) is 1. The van der Waals surface area contributed by atoms with Crippen LogP contribution in [0, 0.1) is 0 Å².